The summed E-state index contributed by atoms with van der Waals surface area (Å²) < 4.78 is 5.24. The third-order valence-corrected chi connectivity index (χ3v) is 2.75. The van der Waals surface area contributed by atoms with E-state index in [0.717, 1.165) is 6.42 Å². The van der Waals surface area contributed by atoms with Crippen LogP contribution in [-0.2, 0) is 9.53 Å². The van der Waals surface area contributed by atoms with Gasteiger partial charge in [0.15, 0.2) is 0 Å². The van der Waals surface area contributed by atoms with Gasteiger partial charge in [-0.25, -0.2) is 0 Å². The van der Waals surface area contributed by atoms with Gasteiger partial charge in [0.05, 0.1) is 6.42 Å². The summed E-state index contributed by atoms with van der Waals surface area (Å²) >= 11 is 0. The van der Waals surface area contributed by atoms with Crippen LogP contribution in [0.4, 0.5) is 0 Å². The summed E-state index contributed by atoms with van der Waals surface area (Å²) in [6.45, 7) is 2.05. The van der Waals surface area contributed by atoms with E-state index in [4.69, 9.17) is 4.74 Å². The molecule has 2 atom stereocenters. The van der Waals surface area contributed by atoms with Gasteiger partial charge in [-0.1, -0.05) is 37.3 Å². The van der Waals surface area contributed by atoms with Crippen molar-refractivity contribution in [1.82, 2.24) is 0 Å². The Morgan fingerprint density at radius 1 is 1.36 bits per heavy atom. The van der Waals surface area contributed by atoms with Crippen LogP contribution in [0, 0.1) is 0 Å². The minimum atomic E-state index is -0.0642. The average molecular weight is 190 g/mol. The van der Waals surface area contributed by atoms with Gasteiger partial charge in [0, 0.05) is 5.92 Å². The number of rotatable bonds is 2. The predicted molar refractivity (Wildman–Crippen MR) is 54.0 cm³/mol. The molecule has 2 heteroatoms. The van der Waals surface area contributed by atoms with E-state index in [1.165, 1.54) is 5.56 Å². The second kappa shape index (κ2) is 3.82. The summed E-state index contributed by atoms with van der Waals surface area (Å²) in [7, 11) is 0. The minimum Gasteiger partial charge on any atom is -0.462 e. The molecule has 1 heterocycles. The molecule has 1 aliphatic rings. The van der Waals surface area contributed by atoms with Gasteiger partial charge in [-0.3, -0.25) is 4.79 Å². The zero-order valence-electron chi connectivity index (χ0n) is 8.27. The van der Waals surface area contributed by atoms with E-state index in [-0.39, 0.29) is 18.0 Å². The number of hydrogen-bond acceptors (Lipinski definition) is 2. The molecule has 0 bridgehead atoms. The SMILES string of the molecule is CC[C@@H]1OC(=O)C[C@H]1c1ccccc1. The first kappa shape index (κ1) is 9.25. The van der Waals surface area contributed by atoms with Crippen LogP contribution in [0.25, 0.3) is 0 Å². The Kier molecular flexibility index (Phi) is 2.53. The molecule has 0 N–H and O–H groups in total. The van der Waals surface area contributed by atoms with Gasteiger partial charge in [-0.15, -0.1) is 0 Å². The molecule has 0 spiro atoms. The number of cyclic esters (lactones) is 1. The van der Waals surface area contributed by atoms with Crippen molar-refractivity contribution in [2.24, 2.45) is 0 Å². The molecule has 2 nitrogen and oxygen atoms in total. The number of hydrogen-bond donors (Lipinski definition) is 0. The fourth-order valence-corrected chi connectivity index (χ4v) is 2.01. The lowest BCUT2D eigenvalue weighted by Crippen LogP contribution is -2.12. The van der Waals surface area contributed by atoms with E-state index in [2.05, 4.69) is 19.1 Å². The fourth-order valence-electron chi connectivity index (χ4n) is 2.01. The largest absolute Gasteiger partial charge is 0.462 e. The first-order valence-electron chi connectivity index (χ1n) is 5.05. The van der Waals surface area contributed by atoms with Gasteiger partial charge in [-0.05, 0) is 12.0 Å². The quantitative estimate of drug-likeness (QED) is 0.670. The number of ether oxygens (including phenoxy) is 1. The second-order valence-electron chi connectivity index (χ2n) is 3.66. The first-order chi connectivity index (χ1) is 6.81. The topological polar surface area (TPSA) is 26.3 Å². The lowest BCUT2D eigenvalue weighted by atomic mass is 9.91. The van der Waals surface area contributed by atoms with Crippen LogP contribution in [0.15, 0.2) is 30.3 Å². The molecule has 1 saturated heterocycles. The van der Waals surface area contributed by atoms with Crippen molar-refractivity contribution >= 4 is 5.97 Å². The monoisotopic (exact) mass is 190 g/mol. The molecule has 1 aliphatic heterocycles. The molecule has 74 valence electrons. The molecular weight excluding hydrogens is 176 g/mol. The lowest BCUT2D eigenvalue weighted by molar-refractivity contribution is -0.141. The Hall–Kier alpha value is -1.31. The summed E-state index contributed by atoms with van der Waals surface area (Å²) in [6.07, 6.45) is 1.50. The first-order valence-corrected chi connectivity index (χ1v) is 5.05. The summed E-state index contributed by atoms with van der Waals surface area (Å²) in [5, 5.41) is 0. The van der Waals surface area contributed by atoms with Crippen LogP contribution in [0.2, 0.25) is 0 Å². The molecule has 1 aromatic carbocycles. The standard InChI is InChI=1S/C12H14O2/c1-2-11-10(8-12(13)14-11)9-6-4-3-5-7-9/h3-7,10-11H,2,8H2,1H3/t10-,11-/m0/s1. The Bertz CT molecular complexity index is 318. The van der Waals surface area contributed by atoms with Crippen molar-refractivity contribution in [3.63, 3.8) is 0 Å². The lowest BCUT2D eigenvalue weighted by Gasteiger charge is -2.15. The third-order valence-electron chi connectivity index (χ3n) is 2.75. The fraction of sp³-hybridized carbons (Fsp3) is 0.417. The van der Waals surface area contributed by atoms with E-state index >= 15 is 0 Å². The summed E-state index contributed by atoms with van der Waals surface area (Å²) in [6, 6.07) is 10.1. The van der Waals surface area contributed by atoms with Crippen molar-refractivity contribution in [3.05, 3.63) is 35.9 Å². The molecule has 0 amide bonds. The van der Waals surface area contributed by atoms with Gasteiger partial charge in [0.1, 0.15) is 6.10 Å². The maximum Gasteiger partial charge on any atom is 0.306 e. The molecular formula is C12H14O2. The molecule has 1 aromatic rings. The van der Waals surface area contributed by atoms with Gasteiger partial charge in [0.25, 0.3) is 0 Å². The Balaban J connectivity index is 2.22. The van der Waals surface area contributed by atoms with Gasteiger partial charge in [-0.2, -0.15) is 0 Å². The highest BCUT2D eigenvalue weighted by atomic mass is 16.5. The Morgan fingerprint density at radius 3 is 2.71 bits per heavy atom. The molecule has 1 fully saturated rings. The average Bonchev–Trinajstić information content (AvgIpc) is 2.61. The van der Waals surface area contributed by atoms with Gasteiger partial charge in [0.2, 0.25) is 0 Å². The molecule has 0 aliphatic carbocycles. The minimum absolute atomic E-state index is 0.0642. The van der Waals surface area contributed by atoms with Gasteiger partial charge >= 0.3 is 5.97 Å². The number of esters is 1. The maximum absolute atomic E-state index is 11.2. The van der Waals surface area contributed by atoms with Crippen LogP contribution in [0.5, 0.6) is 0 Å². The Morgan fingerprint density at radius 2 is 2.07 bits per heavy atom. The number of carbonyl (C=O) groups is 1. The maximum atomic E-state index is 11.2. The van der Waals surface area contributed by atoms with Crippen LogP contribution in [-0.4, -0.2) is 12.1 Å². The van der Waals surface area contributed by atoms with Crippen molar-refractivity contribution in [2.75, 3.05) is 0 Å². The van der Waals surface area contributed by atoms with E-state index < -0.39 is 0 Å². The van der Waals surface area contributed by atoms with Crippen molar-refractivity contribution < 1.29 is 9.53 Å². The van der Waals surface area contributed by atoms with Crippen molar-refractivity contribution in [1.29, 1.82) is 0 Å². The molecule has 0 aromatic heterocycles. The zero-order chi connectivity index (χ0) is 9.97. The van der Waals surface area contributed by atoms with Crippen LogP contribution in [0.3, 0.4) is 0 Å². The van der Waals surface area contributed by atoms with E-state index in [1.54, 1.807) is 0 Å². The molecule has 14 heavy (non-hydrogen) atoms. The molecule has 2 rings (SSSR count). The van der Waals surface area contributed by atoms with Gasteiger partial charge < -0.3 is 4.74 Å². The predicted octanol–water partition coefficient (Wildman–Crippen LogP) is 2.50. The summed E-state index contributed by atoms with van der Waals surface area (Å²) in [5.41, 5.74) is 1.21. The molecule has 0 radical (unpaired) electrons. The normalized spacial score (nSPS) is 26.2. The highest BCUT2D eigenvalue weighted by molar-refractivity contribution is 5.73. The van der Waals surface area contributed by atoms with Crippen LogP contribution < -0.4 is 0 Å². The van der Waals surface area contributed by atoms with Crippen LogP contribution >= 0.6 is 0 Å². The van der Waals surface area contributed by atoms with E-state index in [9.17, 15) is 4.79 Å². The number of benzene rings is 1. The highest BCUT2D eigenvalue weighted by Gasteiger charge is 2.34. The third kappa shape index (κ3) is 1.65. The summed E-state index contributed by atoms with van der Waals surface area (Å²) in [5.74, 6) is 0.194. The molecule has 0 unspecified atom stereocenters. The van der Waals surface area contributed by atoms with Crippen LogP contribution in [0.1, 0.15) is 31.2 Å². The second-order valence-corrected chi connectivity index (χ2v) is 3.66. The zero-order valence-corrected chi connectivity index (χ0v) is 8.27. The smallest absolute Gasteiger partial charge is 0.306 e. The van der Waals surface area contributed by atoms with Crippen molar-refractivity contribution in [2.45, 2.75) is 31.8 Å². The highest BCUT2D eigenvalue weighted by Crippen LogP contribution is 2.33. The van der Waals surface area contributed by atoms with E-state index in [1.807, 2.05) is 18.2 Å². The molecule has 0 saturated carbocycles. The Labute approximate surface area is 83.9 Å². The van der Waals surface area contributed by atoms with E-state index in [0.29, 0.717) is 6.42 Å². The number of carbonyl (C=O) groups excluding carboxylic acids is 1. The summed E-state index contributed by atoms with van der Waals surface area (Å²) in [4.78, 5) is 11.2. The van der Waals surface area contributed by atoms with Crippen molar-refractivity contribution in [3.8, 4) is 0 Å².